The number of carbonyl (C=O) groups excluding carboxylic acids is 3. The van der Waals surface area contributed by atoms with Crippen molar-refractivity contribution in [3.8, 4) is 11.5 Å². The molecule has 1 heterocycles. The lowest BCUT2D eigenvalue weighted by Gasteiger charge is -2.12. The van der Waals surface area contributed by atoms with Gasteiger partial charge in [0.05, 0.1) is 31.8 Å². The van der Waals surface area contributed by atoms with E-state index in [-0.39, 0.29) is 42.3 Å². The third-order valence-electron chi connectivity index (χ3n) is 4.60. The van der Waals surface area contributed by atoms with E-state index in [1.54, 1.807) is 54.6 Å². The predicted octanol–water partition coefficient (Wildman–Crippen LogP) is 3.19. The third kappa shape index (κ3) is 6.79. The molecule has 0 saturated heterocycles. The minimum atomic E-state index is -0.351. The molecule has 0 bridgehead atoms. The van der Waals surface area contributed by atoms with E-state index in [1.807, 2.05) is 0 Å². The second kappa shape index (κ2) is 12.4. The number of ether oxygens (including phenoxy) is 2. The number of hydrogen-bond donors (Lipinski definition) is 3. The zero-order chi connectivity index (χ0) is 24.3. The average Bonchev–Trinajstić information content (AvgIpc) is 3.40. The van der Waals surface area contributed by atoms with Crippen LogP contribution in [0, 0.1) is 0 Å². The van der Waals surface area contributed by atoms with Crippen molar-refractivity contribution in [2.75, 3.05) is 38.4 Å². The highest BCUT2D eigenvalue weighted by molar-refractivity contribution is 8.00. The average molecular weight is 484 g/mol. The molecule has 0 aliphatic heterocycles. The van der Waals surface area contributed by atoms with Gasteiger partial charge in [0, 0.05) is 29.7 Å². The number of benzene rings is 2. The Kier molecular flexibility index (Phi) is 8.98. The molecule has 3 aromatic rings. The normalized spacial score (nSPS) is 10.3. The number of amides is 3. The molecule has 0 aliphatic rings. The zero-order valence-corrected chi connectivity index (χ0v) is 19.6. The third-order valence-corrected chi connectivity index (χ3v) is 5.67. The molecule has 0 saturated carbocycles. The van der Waals surface area contributed by atoms with Crippen molar-refractivity contribution < 1.29 is 28.3 Å². The Bertz CT molecular complexity index is 1130. The van der Waals surface area contributed by atoms with Crippen LogP contribution in [0.4, 0.5) is 5.69 Å². The molecule has 2 aromatic carbocycles. The second-order valence-electron chi connectivity index (χ2n) is 6.89. The first-order valence-corrected chi connectivity index (χ1v) is 11.3. The van der Waals surface area contributed by atoms with Gasteiger partial charge in [-0.25, -0.2) is 0 Å². The number of nitrogens with one attached hydrogen (secondary N) is 3. The van der Waals surface area contributed by atoms with Crippen LogP contribution in [-0.2, 0) is 4.79 Å². The first-order chi connectivity index (χ1) is 16.5. The summed E-state index contributed by atoms with van der Waals surface area (Å²) in [5, 5.41) is 8.24. The lowest BCUT2D eigenvalue weighted by Crippen LogP contribution is -2.34. The molecule has 0 spiro atoms. The first-order valence-electron chi connectivity index (χ1n) is 10.4. The van der Waals surface area contributed by atoms with Gasteiger partial charge < -0.3 is 29.8 Å². The largest absolute Gasteiger partial charge is 0.493 e. The van der Waals surface area contributed by atoms with Crippen LogP contribution in [-0.4, -0.2) is 50.8 Å². The summed E-state index contributed by atoms with van der Waals surface area (Å²) in [5.41, 5.74) is 1.02. The number of furan rings is 1. The van der Waals surface area contributed by atoms with Gasteiger partial charge in [0.2, 0.25) is 5.91 Å². The quantitative estimate of drug-likeness (QED) is 0.283. The van der Waals surface area contributed by atoms with E-state index >= 15 is 0 Å². The maximum Gasteiger partial charge on any atom is 0.287 e. The Labute approximate surface area is 201 Å². The van der Waals surface area contributed by atoms with Crippen LogP contribution in [0.5, 0.6) is 11.5 Å². The summed E-state index contributed by atoms with van der Waals surface area (Å²) in [4.78, 5) is 37.6. The van der Waals surface area contributed by atoms with Crippen molar-refractivity contribution in [3.63, 3.8) is 0 Å². The fourth-order valence-corrected chi connectivity index (χ4v) is 3.83. The van der Waals surface area contributed by atoms with E-state index in [1.165, 1.54) is 32.2 Å². The van der Waals surface area contributed by atoms with Crippen LogP contribution in [0.3, 0.4) is 0 Å². The number of anilines is 1. The van der Waals surface area contributed by atoms with Crippen molar-refractivity contribution in [2.24, 2.45) is 0 Å². The molecular weight excluding hydrogens is 458 g/mol. The lowest BCUT2D eigenvalue weighted by molar-refractivity contribution is -0.113. The van der Waals surface area contributed by atoms with E-state index < -0.39 is 0 Å². The minimum Gasteiger partial charge on any atom is -0.493 e. The fourth-order valence-electron chi connectivity index (χ4n) is 2.98. The van der Waals surface area contributed by atoms with Gasteiger partial charge >= 0.3 is 0 Å². The van der Waals surface area contributed by atoms with Crippen molar-refractivity contribution in [2.45, 2.75) is 4.90 Å². The Hall–Kier alpha value is -3.92. The van der Waals surface area contributed by atoms with Gasteiger partial charge in [0.25, 0.3) is 11.8 Å². The lowest BCUT2D eigenvalue weighted by atomic mass is 10.2. The molecule has 3 rings (SSSR count). The number of thioether (sulfide) groups is 1. The number of hydrogen-bond acceptors (Lipinski definition) is 7. The van der Waals surface area contributed by atoms with Crippen LogP contribution >= 0.6 is 11.8 Å². The molecule has 0 radical (unpaired) electrons. The van der Waals surface area contributed by atoms with Crippen molar-refractivity contribution in [3.05, 3.63) is 72.2 Å². The second-order valence-corrected chi connectivity index (χ2v) is 7.91. The standard InChI is InChI=1S/C24H25N3O6S/c1-31-18-10-9-16(14-20(18)32-2)27-22(28)15-34-21-8-4-3-6-17(21)23(29)25-11-12-26-24(30)19-7-5-13-33-19/h3-10,13-14H,11-12,15H2,1-2H3,(H,25,29)(H,26,30)(H,27,28). The number of rotatable bonds is 11. The number of methoxy groups -OCH3 is 2. The van der Waals surface area contributed by atoms with Crippen LogP contribution in [0.1, 0.15) is 20.9 Å². The first kappa shape index (κ1) is 24.7. The molecule has 178 valence electrons. The summed E-state index contributed by atoms with van der Waals surface area (Å²) < 4.78 is 15.5. The van der Waals surface area contributed by atoms with E-state index in [0.717, 1.165) is 0 Å². The highest BCUT2D eigenvalue weighted by Crippen LogP contribution is 2.30. The maximum absolute atomic E-state index is 12.6. The molecule has 3 amide bonds. The minimum absolute atomic E-state index is 0.109. The Morgan fingerprint density at radius 3 is 2.32 bits per heavy atom. The predicted molar refractivity (Wildman–Crippen MR) is 129 cm³/mol. The summed E-state index contributed by atoms with van der Waals surface area (Å²) >= 11 is 1.25. The van der Waals surface area contributed by atoms with Crippen LogP contribution in [0.15, 0.2) is 70.2 Å². The van der Waals surface area contributed by atoms with E-state index in [9.17, 15) is 14.4 Å². The summed E-state index contributed by atoms with van der Waals surface area (Å²) in [7, 11) is 3.06. The highest BCUT2D eigenvalue weighted by atomic mass is 32.2. The smallest absolute Gasteiger partial charge is 0.287 e. The summed E-state index contributed by atoms with van der Waals surface area (Å²) in [6.07, 6.45) is 1.42. The molecule has 3 N–H and O–H groups in total. The Morgan fingerprint density at radius 1 is 0.882 bits per heavy atom. The topological polar surface area (TPSA) is 119 Å². The van der Waals surface area contributed by atoms with Crippen LogP contribution < -0.4 is 25.4 Å². The van der Waals surface area contributed by atoms with Gasteiger partial charge in [-0.3, -0.25) is 14.4 Å². The van der Waals surface area contributed by atoms with Crippen LogP contribution in [0.2, 0.25) is 0 Å². The van der Waals surface area contributed by atoms with E-state index in [4.69, 9.17) is 13.9 Å². The monoisotopic (exact) mass is 483 g/mol. The van der Waals surface area contributed by atoms with E-state index in [0.29, 0.717) is 27.6 Å². The van der Waals surface area contributed by atoms with Crippen molar-refractivity contribution in [1.82, 2.24) is 10.6 Å². The van der Waals surface area contributed by atoms with Gasteiger partial charge in [0.1, 0.15) is 0 Å². The number of carbonyl (C=O) groups is 3. The molecule has 10 heteroatoms. The van der Waals surface area contributed by atoms with Gasteiger partial charge in [0.15, 0.2) is 17.3 Å². The molecule has 0 aliphatic carbocycles. The molecule has 0 atom stereocenters. The van der Waals surface area contributed by atoms with Gasteiger partial charge in [-0.05, 0) is 36.4 Å². The highest BCUT2D eigenvalue weighted by Gasteiger charge is 2.14. The zero-order valence-electron chi connectivity index (χ0n) is 18.8. The maximum atomic E-state index is 12.6. The summed E-state index contributed by atoms with van der Waals surface area (Å²) in [6.45, 7) is 0.485. The van der Waals surface area contributed by atoms with Gasteiger partial charge in [-0.15, -0.1) is 11.8 Å². The molecule has 1 aromatic heterocycles. The summed E-state index contributed by atoms with van der Waals surface area (Å²) in [5.74, 6) is 0.516. The molecular formula is C24H25N3O6S. The van der Waals surface area contributed by atoms with E-state index in [2.05, 4.69) is 16.0 Å². The Balaban J connectivity index is 1.50. The SMILES string of the molecule is COc1ccc(NC(=O)CSc2ccccc2C(=O)NCCNC(=O)c2ccco2)cc1OC. The fraction of sp³-hybridized carbons (Fsp3) is 0.208. The summed E-state index contributed by atoms with van der Waals surface area (Å²) in [6, 6.07) is 15.3. The molecule has 0 unspecified atom stereocenters. The molecule has 0 fully saturated rings. The van der Waals surface area contributed by atoms with Gasteiger partial charge in [-0.1, -0.05) is 12.1 Å². The van der Waals surface area contributed by atoms with Crippen molar-refractivity contribution in [1.29, 1.82) is 0 Å². The Morgan fingerprint density at radius 2 is 1.62 bits per heavy atom. The molecule has 9 nitrogen and oxygen atoms in total. The van der Waals surface area contributed by atoms with Crippen molar-refractivity contribution >= 4 is 35.2 Å². The van der Waals surface area contributed by atoms with Crippen LogP contribution in [0.25, 0.3) is 0 Å². The van der Waals surface area contributed by atoms with Gasteiger partial charge in [-0.2, -0.15) is 0 Å². The molecule has 34 heavy (non-hydrogen) atoms.